The van der Waals surface area contributed by atoms with E-state index in [9.17, 15) is 0 Å². The molecule has 1 aliphatic carbocycles. The van der Waals surface area contributed by atoms with Crippen molar-refractivity contribution in [3.05, 3.63) is 41.3 Å². The molecule has 0 bridgehead atoms. The number of benzene rings is 1. The number of allylic oxidation sites excluding steroid dienone is 2. The summed E-state index contributed by atoms with van der Waals surface area (Å²) < 4.78 is 0. The van der Waals surface area contributed by atoms with Crippen molar-refractivity contribution in [2.24, 2.45) is 5.41 Å². The van der Waals surface area contributed by atoms with Gasteiger partial charge in [0.05, 0.1) is 0 Å². The van der Waals surface area contributed by atoms with E-state index in [1.165, 1.54) is 37.0 Å². The molecule has 0 aromatic heterocycles. The zero-order valence-electron chi connectivity index (χ0n) is 10.9. The van der Waals surface area contributed by atoms with Crippen LogP contribution in [0.25, 0.3) is 0 Å². The van der Waals surface area contributed by atoms with Crippen molar-refractivity contribution in [3.8, 4) is 0 Å². The van der Waals surface area contributed by atoms with Gasteiger partial charge in [-0.15, -0.1) is 0 Å². The second-order valence-electron chi connectivity index (χ2n) is 4.97. The van der Waals surface area contributed by atoms with E-state index in [2.05, 4.69) is 50.3 Å². The lowest BCUT2D eigenvalue weighted by Crippen LogP contribution is -2.28. The molecule has 0 saturated carbocycles. The van der Waals surface area contributed by atoms with Gasteiger partial charge in [-0.1, -0.05) is 62.7 Å². The highest BCUT2D eigenvalue weighted by molar-refractivity contribution is 8.03. The molecule has 2 rings (SSSR count). The van der Waals surface area contributed by atoms with Crippen LogP contribution in [0.3, 0.4) is 0 Å². The third-order valence-electron chi connectivity index (χ3n) is 3.63. The quantitative estimate of drug-likeness (QED) is 0.624. The van der Waals surface area contributed by atoms with Crippen LogP contribution in [0.2, 0.25) is 0 Å². The maximum Gasteiger partial charge on any atom is 0.0119 e. The van der Waals surface area contributed by atoms with E-state index >= 15 is 0 Å². The molecule has 1 heteroatoms. The molecule has 0 fully saturated rings. The Morgan fingerprint density at radius 1 is 1.06 bits per heavy atom. The molecule has 0 N–H and O–H groups in total. The number of thioether (sulfide) groups is 1. The van der Waals surface area contributed by atoms with Gasteiger partial charge in [0.15, 0.2) is 0 Å². The molecule has 1 aromatic carbocycles. The first kappa shape index (κ1) is 12.8. The van der Waals surface area contributed by atoms with Gasteiger partial charge >= 0.3 is 0 Å². The van der Waals surface area contributed by atoms with E-state index in [0.29, 0.717) is 5.41 Å². The van der Waals surface area contributed by atoms with Crippen LogP contribution < -0.4 is 0 Å². The van der Waals surface area contributed by atoms with E-state index in [4.69, 9.17) is 0 Å². The molecule has 0 spiro atoms. The fraction of sp³-hybridized carbons (Fsp3) is 0.500. The molecule has 0 heterocycles. The Bertz CT molecular complexity index is 372. The predicted octanol–water partition coefficient (Wildman–Crippen LogP) is 5.65. The van der Waals surface area contributed by atoms with Crippen molar-refractivity contribution in [1.29, 1.82) is 0 Å². The Labute approximate surface area is 110 Å². The van der Waals surface area contributed by atoms with Crippen molar-refractivity contribution in [3.63, 3.8) is 0 Å². The lowest BCUT2D eigenvalue weighted by molar-refractivity contribution is 0.280. The van der Waals surface area contributed by atoms with Gasteiger partial charge in [-0.2, -0.15) is 0 Å². The second-order valence-corrected chi connectivity index (χ2v) is 6.08. The Kier molecular flexibility index (Phi) is 4.33. The summed E-state index contributed by atoms with van der Waals surface area (Å²) >= 11 is 1.98. The molecule has 0 saturated heterocycles. The van der Waals surface area contributed by atoms with Gasteiger partial charge in [-0.25, -0.2) is 0 Å². The number of hydrogen-bond donors (Lipinski definition) is 0. The van der Waals surface area contributed by atoms with E-state index < -0.39 is 0 Å². The summed E-state index contributed by atoms with van der Waals surface area (Å²) in [5.74, 6) is 0. The summed E-state index contributed by atoms with van der Waals surface area (Å²) in [6.07, 6.45) is 9.03. The van der Waals surface area contributed by atoms with Gasteiger partial charge in [0.2, 0.25) is 0 Å². The molecular weight excluding hydrogens is 224 g/mol. The zero-order chi connectivity index (χ0) is 12.1. The third kappa shape index (κ3) is 2.77. The highest BCUT2D eigenvalue weighted by Crippen LogP contribution is 2.55. The molecule has 92 valence electrons. The Morgan fingerprint density at radius 3 is 2.18 bits per heavy atom. The SMILES string of the molecule is CCCC1(CCC)CC=C1Sc1ccccc1. The summed E-state index contributed by atoms with van der Waals surface area (Å²) in [4.78, 5) is 3.00. The number of hydrogen-bond acceptors (Lipinski definition) is 1. The maximum absolute atomic E-state index is 2.43. The van der Waals surface area contributed by atoms with E-state index in [-0.39, 0.29) is 0 Å². The van der Waals surface area contributed by atoms with Crippen molar-refractivity contribution in [1.82, 2.24) is 0 Å². The first-order chi connectivity index (χ1) is 8.30. The molecule has 0 amide bonds. The van der Waals surface area contributed by atoms with Crippen LogP contribution in [0.5, 0.6) is 0 Å². The number of rotatable bonds is 6. The monoisotopic (exact) mass is 246 g/mol. The Balaban J connectivity index is 2.06. The van der Waals surface area contributed by atoms with Crippen LogP contribution in [0.4, 0.5) is 0 Å². The fourth-order valence-electron chi connectivity index (χ4n) is 2.77. The van der Waals surface area contributed by atoms with E-state index in [1.807, 2.05) is 11.8 Å². The topological polar surface area (TPSA) is 0 Å². The van der Waals surface area contributed by atoms with Crippen LogP contribution in [-0.4, -0.2) is 0 Å². The van der Waals surface area contributed by atoms with Crippen LogP contribution in [0.15, 0.2) is 46.2 Å². The minimum absolute atomic E-state index is 0.518. The largest absolute Gasteiger partial charge is 0.0943 e. The molecule has 0 radical (unpaired) electrons. The molecule has 0 nitrogen and oxygen atoms in total. The molecule has 17 heavy (non-hydrogen) atoms. The molecule has 0 unspecified atom stereocenters. The van der Waals surface area contributed by atoms with Gasteiger partial charge in [0.1, 0.15) is 0 Å². The summed E-state index contributed by atoms with van der Waals surface area (Å²) in [5.41, 5.74) is 0.518. The molecule has 0 atom stereocenters. The second kappa shape index (κ2) is 5.77. The first-order valence-corrected chi connectivity index (χ1v) is 7.56. The van der Waals surface area contributed by atoms with Gasteiger partial charge in [0.25, 0.3) is 0 Å². The smallest absolute Gasteiger partial charge is 0.0119 e. The lowest BCUT2D eigenvalue weighted by atomic mass is 9.69. The normalized spacial score (nSPS) is 17.4. The minimum Gasteiger partial charge on any atom is -0.0943 e. The standard InChI is InChI=1S/C16H22S/c1-3-11-16(12-4-2)13-10-15(16)17-14-8-6-5-7-9-14/h5-10H,3-4,11-13H2,1-2H3. The Morgan fingerprint density at radius 2 is 1.71 bits per heavy atom. The molecule has 1 aliphatic rings. The van der Waals surface area contributed by atoms with Crippen LogP contribution in [0, 0.1) is 5.41 Å². The van der Waals surface area contributed by atoms with Gasteiger partial charge < -0.3 is 0 Å². The van der Waals surface area contributed by atoms with Crippen molar-refractivity contribution < 1.29 is 0 Å². The molecule has 0 aliphatic heterocycles. The fourth-order valence-corrected chi connectivity index (χ4v) is 3.99. The summed E-state index contributed by atoms with van der Waals surface area (Å²) in [7, 11) is 0. The molecule has 1 aromatic rings. The first-order valence-electron chi connectivity index (χ1n) is 6.74. The van der Waals surface area contributed by atoms with Crippen molar-refractivity contribution >= 4 is 11.8 Å². The predicted molar refractivity (Wildman–Crippen MR) is 77.2 cm³/mol. The van der Waals surface area contributed by atoms with E-state index in [0.717, 1.165) is 0 Å². The van der Waals surface area contributed by atoms with Crippen LogP contribution >= 0.6 is 11.8 Å². The summed E-state index contributed by atoms with van der Waals surface area (Å²) in [5, 5.41) is 0. The zero-order valence-corrected chi connectivity index (χ0v) is 11.7. The average molecular weight is 246 g/mol. The highest BCUT2D eigenvalue weighted by Gasteiger charge is 2.38. The average Bonchev–Trinajstić information content (AvgIpc) is 2.36. The summed E-state index contributed by atoms with van der Waals surface area (Å²) in [6.45, 7) is 4.61. The summed E-state index contributed by atoms with van der Waals surface area (Å²) in [6, 6.07) is 10.8. The lowest BCUT2D eigenvalue weighted by Gasteiger charge is -2.42. The van der Waals surface area contributed by atoms with E-state index in [1.54, 1.807) is 4.91 Å². The molecular formula is C16H22S. The van der Waals surface area contributed by atoms with Gasteiger partial charge in [-0.05, 0) is 36.3 Å². The van der Waals surface area contributed by atoms with Crippen molar-refractivity contribution in [2.75, 3.05) is 0 Å². The Hall–Kier alpha value is -0.690. The van der Waals surface area contributed by atoms with Crippen LogP contribution in [0.1, 0.15) is 46.0 Å². The van der Waals surface area contributed by atoms with Gasteiger partial charge in [-0.3, -0.25) is 0 Å². The third-order valence-corrected chi connectivity index (χ3v) is 4.96. The van der Waals surface area contributed by atoms with Crippen LogP contribution in [-0.2, 0) is 0 Å². The maximum atomic E-state index is 2.43. The minimum atomic E-state index is 0.518. The highest BCUT2D eigenvalue weighted by atomic mass is 32.2. The van der Waals surface area contributed by atoms with Crippen molar-refractivity contribution in [2.45, 2.75) is 50.8 Å². The van der Waals surface area contributed by atoms with Gasteiger partial charge in [0, 0.05) is 10.3 Å².